The Balaban J connectivity index is 0.000000210. The Labute approximate surface area is 87.0 Å². The first kappa shape index (κ1) is 12.7. The Morgan fingerprint density at radius 1 is 1.27 bits per heavy atom. The molecule has 0 fully saturated rings. The molecule has 0 bridgehead atoms. The minimum absolute atomic E-state index is 0.250. The summed E-state index contributed by atoms with van der Waals surface area (Å²) in [7, 11) is 0. The highest BCUT2D eigenvalue weighted by molar-refractivity contribution is 5.32. The minimum Gasteiger partial charge on any atom is -0.506 e. The fourth-order valence-electron chi connectivity index (χ4n) is 0.628. The van der Waals surface area contributed by atoms with Crippen molar-refractivity contribution in [3.05, 3.63) is 49.1 Å². The van der Waals surface area contributed by atoms with Crippen LogP contribution in [0.25, 0.3) is 0 Å². The van der Waals surface area contributed by atoms with Crippen molar-refractivity contribution in [2.45, 2.75) is 0 Å². The van der Waals surface area contributed by atoms with Gasteiger partial charge in [0.15, 0.2) is 0 Å². The van der Waals surface area contributed by atoms with Crippen LogP contribution in [0.3, 0.4) is 0 Å². The molecule has 2 aromatic heterocycles. The number of H-pyrrole nitrogens is 1. The van der Waals surface area contributed by atoms with Crippen molar-refractivity contribution in [1.82, 2.24) is 9.97 Å². The van der Waals surface area contributed by atoms with Gasteiger partial charge in [-0.3, -0.25) is 9.78 Å². The number of rotatable bonds is 0. The van der Waals surface area contributed by atoms with Crippen molar-refractivity contribution >= 4 is 6.47 Å². The number of nitrogens with one attached hydrogen (secondary N) is 1. The lowest BCUT2D eigenvalue weighted by atomic mass is 10.5. The number of aromatic amines is 1. The van der Waals surface area contributed by atoms with Crippen molar-refractivity contribution in [1.29, 1.82) is 0 Å². The molecule has 2 heterocycles. The maximum absolute atomic E-state index is 8.44. The van der Waals surface area contributed by atoms with Gasteiger partial charge in [-0.1, -0.05) is 6.07 Å². The van der Waals surface area contributed by atoms with Gasteiger partial charge < -0.3 is 15.2 Å². The minimum atomic E-state index is -0.250. The number of carbonyl (C=O) groups is 1. The molecular weight excluding hydrogens is 196 g/mol. The lowest BCUT2D eigenvalue weighted by molar-refractivity contribution is -0.122. The number of nitrogens with zero attached hydrogens (tertiary/aromatic N) is 1. The van der Waals surface area contributed by atoms with E-state index >= 15 is 0 Å². The van der Waals surface area contributed by atoms with E-state index in [4.69, 9.17) is 15.0 Å². The second kappa shape index (κ2) is 9.79. The van der Waals surface area contributed by atoms with Crippen LogP contribution in [0.2, 0.25) is 0 Å². The highest BCUT2D eigenvalue weighted by atomic mass is 16.3. The molecular formula is C10H12N2O3. The molecule has 0 unspecified atom stereocenters. The van der Waals surface area contributed by atoms with Crippen LogP contribution in [0.1, 0.15) is 0 Å². The van der Waals surface area contributed by atoms with Gasteiger partial charge in [-0.05, 0) is 18.2 Å². The number of hydrogen-bond acceptors (Lipinski definition) is 3. The molecule has 2 aromatic rings. The van der Waals surface area contributed by atoms with E-state index in [0.717, 1.165) is 0 Å². The predicted molar refractivity (Wildman–Crippen MR) is 55.4 cm³/mol. The van der Waals surface area contributed by atoms with Crippen molar-refractivity contribution in [2.75, 3.05) is 0 Å². The zero-order valence-electron chi connectivity index (χ0n) is 7.95. The molecule has 0 spiro atoms. The molecule has 0 saturated heterocycles. The van der Waals surface area contributed by atoms with Crippen LogP contribution in [-0.2, 0) is 4.79 Å². The monoisotopic (exact) mass is 208 g/mol. The van der Waals surface area contributed by atoms with Gasteiger partial charge in [-0.15, -0.1) is 0 Å². The summed E-state index contributed by atoms with van der Waals surface area (Å²) in [5.41, 5.74) is 0. The topological polar surface area (TPSA) is 86.2 Å². The largest absolute Gasteiger partial charge is 0.506 e. The SMILES string of the molecule is O=CO.Oc1cc[nH]c1.c1ccncc1. The van der Waals surface area contributed by atoms with Gasteiger partial charge in [0, 0.05) is 24.8 Å². The average Bonchev–Trinajstić information content (AvgIpc) is 2.74. The van der Waals surface area contributed by atoms with E-state index in [9.17, 15) is 0 Å². The molecule has 0 aliphatic heterocycles. The average molecular weight is 208 g/mol. The van der Waals surface area contributed by atoms with Crippen LogP contribution in [0.15, 0.2) is 49.1 Å². The van der Waals surface area contributed by atoms with Crippen molar-refractivity contribution in [2.24, 2.45) is 0 Å². The van der Waals surface area contributed by atoms with Gasteiger partial charge in [0.25, 0.3) is 6.47 Å². The molecule has 0 saturated carbocycles. The van der Waals surface area contributed by atoms with Gasteiger partial charge in [0.05, 0.1) is 0 Å². The molecule has 2 rings (SSSR count). The Kier molecular flexibility index (Phi) is 8.29. The number of carboxylic acid groups (broad SMARTS) is 1. The standard InChI is InChI=1S/C5H5N.C4H5NO.CH2O2/c1-2-4-6-5-3-1;6-4-1-2-5-3-4;2-1-3/h1-5H;1-3,5-6H;1H,(H,2,3). The quantitative estimate of drug-likeness (QED) is 0.572. The molecule has 0 aliphatic rings. The van der Waals surface area contributed by atoms with E-state index in [2.05, 4.69) is 9.97 Å². The van der Waals surface area contributed by atoms with Gasteiger partial charge in [-0.25, -0.2) is 0 Å². The smallest absolute Gasteiger partial charge is 0.290 e. The summed E-state index contributed by atoms with van der Waals surface area (Å²) in [6.45, 7) is -0.250. The summed E-state index contributed by atoms with van der Waals surface area (Å²) in [6.07, 6.45) is 6.68. The number of aromatic nitrogens is 2. The third kappa shape index (κ3) is 9.62. The first-order chi connectivity index (χ1) is 7.31. The van der Waals surface area contributed by atoms with Crippen LogP contribution in [-0.4, -0.2) is 26.7 Å². The van der Waals surface area contributed by atoms with E-state index in [1.54, 1.807) is 24.7 Å². The lowest BCUT2D eigenvalue weighted by Crippen LogP contribution is -1.58. The van der Waals surface area contributed by atoms with Crippen LogP contribution >= 0.6 is 0 Å². The summed E-state index contributed by atoms with van der Waals surface area (Å²) in [6, 6.07) is 7.30. The lowest BCUT2D eigenvalue weighted by Gasteiger charge is -1.70. The molecule has 0 aromatic carbocycles. The van der Waals surface area contributed by atoms with Crippen LogP contribution < -0.4 is 0 Å². The van der Waals surface area contributed by atoms with Gasteiger partial charge in [-0.2, -0.15) is 0 Å². The zero-order chi connectivity index (χ0) is 11.4. The third-order valence-corrected chi connectivity index (χ3v) is 1.15. The Morgan fingerprint density at radius 3 is 2.00 bits per heavy atom. The molecule has 0 aliphatic carbocycles. The Morgan fingerprint density at radius 2 is 1.87 bits per heavy atom. The van der Waals surface area contributed by atoms with E-state index in [-0.39, 0.29) is 12.2 Å². The molecule has 15 heavy (non-hydrogen) atoms. The highest BCUT2D eigenvalue weighted by Gasteiger charge is 1.76. The van der Waals surface area contributed by atoms with Gasteiger partial charge >= 0.3 is 0 Å². The maximum Gasteiger partial charge on any atom is 0.290 e. The van der Waals surface area contributed by atoms with E-state index < -0.39 is 0 Å². The summed E-state index contributed by atoms with van der Waals surface area (Å²) in [4.78, 5) is 14.8. The zero-order valence-corrected chi connectivity index (χ0v) is 7.95. The fraction of sp³-hybridized carbons (Fsp3) is 0. The normalized spacial score (nSPS) is 7.47. The summed E-state index contributed by atoms with van der Waals surface area (Å²) >= 11 is 0. The van der Waals surface area contributed by atoms with E-state index in [0.29, 0.717) is 0 Å². The Hall–Kier alpha value is -2.30. The molecule has 0 atom stereocenters. The summed E-state index contributed by atoms with van der Waals surface area (Å²) in [5, 5.41) is 15.3. The predicted octanol–water partition coefficient (Wildman–Crippen LogP) is 1.50. The van der Waals surface area contributed by atoms with E-state index in [1.807, 2.05) is 18.2 Å². The van der Waals surface area contributed by atoms with Crippen molar-refractivity contribution in [3.8, 4) is 5.75 Å². The van der Waals surface area contributed by atoms with Crippen molar-refractivity contribution in [3.63, 3.8) is 0 Å². The second-order valence-electron chi connectivity index (χ2n) is 2.20. The second-order valence-corrected chi connectivity index (χ2v) is 2.20. The van der Waals surface area contributed by atoms with Crippen LogP contribution in [0.5, 0.6) is 5.75 Å². The molecule has 5 heteroatoms. The molecule has 80 valence electrons. The number of pyridine rings is 1. The fourth-order valence-corrected chi connectivity index (χ4v) is 0.628. The first-order valence-corrected chi connectivity index (χ1v) is 4.06. The van der Waals surface area contributed by atoms with Crippen LogP contribution in [0, 0.1) is 0 Å². The summed E-state index contributed by atoms with van der Waals surface area (Å²) < 4.78 is 0. The molecule has 0 radical (unpaired) electrons. The molecule has 0 amide bonds. The highest BCUT2D eigenvalue weighted by Crippen LogP contribution is 2.00. The molecule has 3 N–H and O–H groups in total. The number of aromatic hydroxyl groups is 1. The third-order valence-electron chi connectivity index (χ3n) is 1.15. The Bertz CT molecular complexity index is 295. The maximum atomic E-state index is 8.44. The first-order valence-electron chi connectivity index (χ1n) is 4.06. The van der Waals surface area contributed by atoms with Gasteiger partial charge in [0.2, 0.25) is 0 Å². The van der Waals surface area contributed by atoms with Crippen molar-refractivity contribution < 1.29 is 15.0 Å². The van der Waals surface area contributed by atoms with Crippen LogP contribution in [0.4, 0.5) is 0 Å². The number of hydrogen-bond donors (Lipinski definition) is 3. The summed E-state index contributed by atoms with van der Waals surface area (Å²) in [5.74, 6) is 0.287. The van der Waals surface area contributed by atoms with E-state index in [1.165, 1.54) is 6.20 Å². The van der Waals surface area contributed by atoms with Gasteiger partial charge in [0.1, 0.15) is 5.75 Å². The molecule has 5 nitrogen and oxygen atoms in total.